The molecule has 6 fully saturated rings. The van der Waals surface area contributed by atoms with Crippen LogP contribution in [0.4, 0.5) is 0 Å². The van der Waals surface area contributed by atoms with Gasteiger partial charge in [-0.05, 0) is 94.2 Å². The molecule has 21 heteroatoms. The molecule has 6 saturated heterocycles. The zero-order valence-electron chi connectivity index (χ0n) is 39.3. The van der Waals surface area contributed by atoms with Gasteiger partial charge in [0.1, 0.15) is 54.1 Å². The number of amides is 9. The fourth-order valence-corrected chi connectivity index (χ4v) is 11.3. The molecule has 7 rings (SSSR count). The number of carbonyl (C=O) groups excluding carboxylic acids is 9. The highest BCUT2D eigenvalue weighted by atomic mass is 32.2. The maximum absolute atomic E-state index is 14.8. The maximum atomic E-state index is 14.8. The van der Waals surface area contributed by atoms with E-state index in [1.807, 2.05) is 6.92 Å². The van der Waals surface area contributed by atoms with Gasteiger partial charge in [0.2, 0.25) is 53.2 Å². The van der Waals surface area contributed by atoms with E-state index < -0.39 is 125 Å². The fraction of sp³-hybridized carbons (Fsp3) is 0.681. The minimum atomic E-state index is -1.36. The van der Waals surface area contributed by atoms with Crippen LogP contribution in [-0.4, -0.2) is 187 Å². The van der Waals surface area contributed by atoms with E-state index in [1.54, 1.807) is 19.1 Å². The number of hydrogen-bond donors (Lipinski definition) is 5. The van der Waals surface area contributed by atoms with Gasteiger partial charge in [0.15, 0.2) is 0 Å². The van der Waals surface area contributed by atoms with Crippen LogP contribution in [0.15, 0.2) is 24.3 Å². The summed E-state index contributed by atoms with van der Waals surface area (Å²) in [6, 6.07) is -2.03. The molecule has 6 aliphatic rings. The Morgan fingerprint density at radius 3 is 1.53 bits per heavy atom. The van der Waals surface area contributed by atoms with Gasteiger partial charge >= 0.3 is 0 Å². The summed E-state index contributed by atoms with van der Waals surface area (Å²) in [5, 5.41) is 21.1. The van der Waals surface area contributed by atoms with E-state index in [9.17, 15) is 52.5 Å². The van der Waals surface area contributed by atoms with Gasteiger partial charge in [-0.25, -0.2) is 0 Å². The van der Waals surface area contributed by atoms with E-state index in [-0.39, 0.29) is 63.5 Å². The molecule has 5 N–H and O–H groups in total. The van der Waals surface area contributed by atoms with Crippen molar-refractivity contribution in [2.75, 3.05) is 51.3 Å². The predicted molar refractivity (Wildman–Crippen MR) is 247 cm³/mol. The summed E-state index contributed by atoms with van der Waals surface area (Å²) in [6.45, 7) is 4.33. The lowest BCUT2D eigenvalue weighted by Gasteiger charge is -2.35. The number of carbonyl (C=O) groups is 9. The monoisotopic (exact) mass is 965 g/mol. The van der Waals surface area contributed by atoms with E-state index >= 15 is 0 Å². The Labute approximate surface area is 399 Å². The van der Waals surface area contributed by atoms with Crippen LogP contribution < -0.4 is 21.3 Å². The van der Waals surface area contributed by atoms with E-state index in [2.05, 4.69) is 21.3 Å². The molecule has 6 heterocycles. The number of rotatable bonds is 7. The van der Waals surface area contributed by atoms with Crippen LogP contribution in [0.2, 0.25) is 0 Å². The van der Waals surface area contributed by atoms with E-state index in [0.717, 1.165) is 0 Å². The standard InChI is InChI=1S/C47H67N9O11S/c1-4-28(2)39-43(62)48-27-38(58)52-20-7-12-35(52)45(64)56-24-9-14-37(56)47(66)54-22-6-11-34(54)42(61)50-32(26-29-15-17-30(57)18-16-29)44(63)55-23-8-13-36(55)46(65)53-21-5-10-33(53)41(60)49-31(40(59)51-39)19-25-68(3)67/h15-18,28,31-37,39,57H,4-14,19-27H2,1-3H3,(H,48,62)(H,49,60)(H,50,61)(H,51,59)/t28-,31-,32-,33-,34-,35-,36-,37-,39-,68+/m0/s1. The third-order valence-electron chi connectivity index (χ3n) is 14.7. The smallest absolute Gasteiger partial charge is 0.246 e. The van der Waals surface area contributed by atoms with Crippen LogP contribution in [0.3, 0.4) is 0 Å². The Hall–Kier alpha value is -5.60. The fourth-order valence-electron chi connectivity index (χ4n) is 10.8. The van der Waals surface area contributed by atoms with Gasteiger partial charge in [-0.1, -0.05) is 32.4 Å². The van der Waals surface area contributed by atoms with Crippen molar-refractivity contribution in [3.05, 3.63) is 29.8 Å². The van der Waals surface area contributed by atoms with Crippen molar-refractivity contribution in [1.29, 1.82) is 0 Å². The molecule has 0 bridgehead atoms. The van der Waals surface area contributed by atoms with Crippen molar-refractivity contribution in [1.82, 2.24) is 45.8 Å². The van der Waals surface area contributed by atoms with Crippen molar-refractivity contribution >= 4 is 64.0 Å². The maximum Gasteiger partial charge on any atom is 0.246 e. The predicted octanol–water partition coefficient (Wildman–Crippen LogP) is -0.711. The van der Waals surface area contributed by atoms with E-state index in [1.165, 1.54) is 42.9 Å². The number of fused-ring (bicyclic) bond motifs is 5. The summed E-state index contributed by atoms with van der Waals surface area (Å²) in [5.41, 5.74) is 0.621. The van der Waals surface area contributed by atoms with Crippen LogP contribution >= 0.6 is 0 Å². The molecule has 6 aliphatic heterocycles. The normalized spacial score (nSPS) is 30.5. The van der Waals surface area contributed by atoms with E-state index in [4.69, 9.17) is 0 Å². The summed E-state index contributed by atoms with van der Waals surface area (Å²) in [6.07, 6.45) is 5.99. The highest BCUT2D eigenvalue weighted by Crippen LogP contribution is 2.30. The molecule has 10 atom stereocenters. The summed E-state index contributed by atoms with van der Waals surface area (Å²) < 4.78 is 12.3. The van der Waals surface area contributed by atoms with Crippen LogP contribution in [0.25, 0.3) is 0 Å². The quantitative estimate of drug-likeness (QED) is 0.228. The number of benzene rings is 1. The Morgan fingerprint density at radius 1 is 0.588 bits per heavy atom. The van der Waals surface area contributed by atoms with Crippen molar-refractivity contribution < 1.29 is 52.5 Å². The largest absolute Gasteiger partial charge is 0.508 e. The molecule has 1 aromatic rings. The van der Waals surface area contributed by atoms with Crippen molar-refractivity contribution in [2.45, 2.75) is 146 Å². The second-order valence-electron chi connectivity index (χ2n) is 19.2. The number of hydrogen-bond acceptors (Lipinski definition) is 11. The molecule has 20 nitrogen and oxygen atoms in total. The van der Waals surface area contributed by atoms with Gasteiger partial charge in [-0.2, -0.15) is 0 Å². The molecule has 68 heavy (non-hydrogen) atoms. The molecule has 372 valence electrons. The second-order valence-corrected chi connectivity index (χ2v) is 20.7. The lowest BCUT2D eigenvalue weighted by Crippen LogP contribution is -2.60. The van der Waals surface area contributed by atoms with Gasteiger partial charge < -0.3 is 50.9 Å². The molecule has 0 radical (unpaired) electrons. The minimum Gasteiger partial charge on any atom is -0.508 e. The number of nitrogens with one attached hydrogen (secondary N) is 4. The summed E-state index contributed by atoms with van der Waals surface area (Å²) in [4.78, 5) is 136. The van der Waals surface area contributed by atoms with Gasteiger partial charge in [-0.15, -0.1) is 0 Å². The summed E-state index contributed by atoms with van der Waals surface area (Å²) in [5.74, 6) is -5.19. The number of phenols is 1. The average molecular weight is 966 g/mol. The number of phenolic OH excluding ortho intramolecular Hbond substituents is 1. The lowest BCUT2D eigenvalue weighted by molar-refractivity contribution is -0.151. The van der Waals surface area contributed by atoms with Crippen LogP contribution in [-0.2, 0) is 60.4 Å². The third-order valence-corrected chi connectivity index (χ3v) is 15.5. The molecule has 0 aromatic heterocycles. The molecule has 0 saturated carbocycles. The zero-order chi connectivity index (χ0) is 48.8. The van der Waals surface area contributed by atoms with Gasteiger partial charge in [0.25, 0.3) is 0 Å². The zero-order valence-corrected chi connectivity index (χ0v) is 40.1. The first-order chi connectivity index (χ1) is 32.6. The Bertz CT molecular complexity index is 2140. The first kappa shape index (κ1) is 50.3. The van der Waals surface area contributed by atoms with E-state index in [0.29, 0.717) is 69.8 Å². The lowest BCUT2D eigenvalue weighted by atomic mass is 9.97. The molecular formula is C47H67N9O11S. The Balaban J connectivity index is 1.21. The third kappa shape index (κ3) is 11.1. The highest BCUT2D eigenvalue weighted by molar-refractivity contribution is 7.84. The minimum absolute atomic E-state index is 0.00416. The Morgan fingerprint density at radius 2 is 1.03 bits per heavy atom. The molecule has 0 unspecified atom stereocenters. The highest BCUT2D eigenvalue weighted by Gasteiger charge is 2.48. The Kier molecular flexibility index (Phi) is 16.4. The topological polar surface area (TPSA) is 255 Å². The number of nitrogens with zero attached hydrogens (tertiary/aromatic N) is 5. The summed E-state index contributed by atoms with van der Waals surface area (Å²) >= 11 is 0. The van der Waals surface area contributed by atoms with Gasteiger partial charge in [-0.3, -0.25) is 47.4 Å². The van der Waals surface area contributed by atoms with Gasteiger partial charge in [0, 0.05) is 62.0 Å². The molecular weight excluding hydrogens is 899 g/mol. The van der Waals surface area contributed by atoms with Crippen LogP contribution in [0.1, 0.15) is 96.5 Å². The number of aromatic hydroxyl groups is 1. The van der Waals surface area contributed by atoms with Crippen molar-refractivity contribution in [3.8, 4) is 5.75 Å². The molecule has 9 amide bonds. The van der Waals surface area contributed by atoms with Crippen LogP contribution in [0, 0.1) is 5.92 Å². The summed E-state index contributed by atoms with van der Waals surface area (Å²) in [7, 11) is -1.36. The first-order valence-corrected chi connectivity index (χ1v) is 26.1. The SMILES string of the molecule is CC[C@H](C)[C@@H]1NC(=O)[C@H](CC[S@@](C)=O)NC(=O)[C@@H]2CCCN2C(=O)[C@@H]2CCCN2C(=O)[C@H](Cc2ccc(O)cc2)NC(=O)[C@@H]2CCCN2C(=O)[C@@H]2CCCN2C(=O)[C@@H]2CCCN2C(=O)CNC1=O. The molecule has 0 aliphatic carbocycles. The van der Waals surface area contributed by atoms with Crippen LogP contribution in [0.5, 0.6) is 5.75 Å². The second kappa shape index (κ2) is 22.2. The van der Waals surface area contributed by atoms with Crippen molar-refractivity contribution in [3.63, 3.8) is 0 Å². The van der Waals surface area contributed by atoms with Gasteiger partial charge in [0.05, 0.1) is 6.54 Å². The van der Waals surface area contributed by atoms with Crippen molar-refractivity contribution in [2.24, 2.45) is 5.92 Å². The molecule has 1 aromatic carbocycles. The molecule has 0 spiro atoms. The average Bonchev–Trinajstić information content (AvgIpc) is 4.19. The first-order valence-electron chi connectivity index (χ1n) is 24.4.